The standard InChI is InChI=1S/C38H52F2O2/c39-37(40)31-23-12-10-8-6-4-2-1-3-5-7-9-11-22-30-36(41)32-42-38(33-24-16-13-17-25-33,34-26-18-14-19-27-34)35-28-20-15-21-29-35/h13-21,24-29,36-37,41H,1-12,22-23,30-32H2/t36-/m1/s1. The lowest BCUT2D eigenvalue weighted by atomic mass is 9.80. The molecule has 3 aromatic carbocycles. The predicted octanol–water partition coefficient (Wildman–Crippen LogP) is 10.9. The van der Waals surface area contributed by atoms with Gasteiger partial charge < -0.3 is 9.84 Å². The van der Waals surface area contributed by atoms with Crippen molar-refractivity contribution in [1.29, 1.82) is 0 Å². The molecule has 0 radical (unpaired) electrons. The third-order valence-electron chi connectivity index (χ3n) is 8.24. The number of unbranched alkanes of at least 4 members (excludes halogenated alkanes) is 13. The number of benzene rings is 3. The second-order valence-electron chi connectivity index (χ2n) is 11.7. The third kappa shape index (κ3) is 12.0. The molecule has 0 unspecified atom stereocenters. The van der Waals surface area contributed by atoms with Crippen LogP contribution >= 0.6 is 0 Å². The number of aliphatic hydroxyl groups excluding tert-OH is 1. The van der Waals surface area contributed by atoms with Crippen molar-refractivity contribution in [3.8, 4) is 0 Å². The Bertz CT molecular complexity index is 946. The van der Waals surface area contributed by atoms with Crippen LogP contribution in [0.15, 0.2) is 91.0 Å². The number of aliphatic hydroxyl groups is 1. The summed E-state index contributed by atoms with van der Waals surface area (Å²) in [4.78, 5) is 0. The lowest BCUT2D eigenvalue weighted by Crippen LogP contribution is -2.35. The highest BCUT2D eigenvalue weighted by molar-refractivity contribution is 5.47. The highest BCUT2D eigenvalue weighted by atomic mass is 19.3. The fraction of sp³-hybridized carbons (Fsp3) is 0.526. The number of rotatable bonds is 23. The van der Waals surface area contributed by atoms with Crippen LogP contribution in [0.25, 0.3) is 0 Å². The first-order valence-corrected chi connectivity index (χ1v) is 16.4. The van der Waals surface area contributed by atoms with Gasteiger partial charge in [-0.25, -0.2) is 8.78 Å². The average molecular weight is 579 g/mol. The molecule has 0 amide bonds. The first-order chi connectivity index (χ1) is 20.6. The van der Waals surface area contributed by atoms with E-state index in [9.17, 15) is 13.9 Å². The van der Waals surface area contributed by atoms with Crippen LogP contribution < -0.4 is 0 Å². The first-order valence-electron chi connectivity index (χ1n) is 16.4. The van der Waals surface area contributed by atoms with Gasteiger partial charge in [-0.1, -0.05) is 174 Å². The van der Waals surface area contributed by atoms with Crippen LogP contribution in [-0.2, 0) is 10.3 Å². The van der Waals surface area contributed by atoms with Gasteiger partial charge in [0.15, 0.2) is 0 Å². The summed E-state index contributed by atoms with van der Waals surface area (Å²) < 4.78 is 31.0. The zero-order valence-electron chi connectivity index (χ0n) is 25.4. The maximum atomic E-state index is 12.1. The Labute approximate surface area is 253 Å². The van der Waals surface area contributed by atoms with Crippen molar-refractivity contribution < 1.29 is 18.6 Å². The minimum Gasteiger partial charge on any atom is -0.391 e. The maximum absolute atomic E-state index is 12.1. The summed E-state index contributed by atoms with van der Waals surface area (Å²) in [7, 11) is 0. The summed E-state index contributed by atoms with van der Waals surface area (Å²) in [5.41, 5.74) is 2.37. The fourth-order valence-corrected chi connectivity index (χ4v) is 5.87. The van der Waals surface area contributed by atoms with E-state index in [0.717, 1.165) is 48.8 Å². The molecule has 2 nitrogen and oxygen atoms in total. The average Bonchev–Trinajstić information content (AvgIpc) is 3.02. The van der Waals surface area contributed by atoms with E-state index in [0.29, 0.717) is 6.42 Å². The second kappa shape index (κ2) is 20.4. The van der Waals surface area contributed by atoms with Gasteiger partial charge in [-0.05, 0) is 29.5 Å². The van der Waals surface area contributed by atoms with Crippen LogP contribution in [0.1, 0.15) is 119 Å². The Kier molecular flexibility index (Phi) is 16.5. The topological polar surface area (TPSA) is 29.5 Å². The maximum Gasteiger partial charge on any atom is 0.238 e. The van der Waals surface area contributed by atoms with Crippen LogP contribution in [0.3, 0.4) is 0 Å². The number of hydrogen-bond acceptors (Lipinski definition) is 2. The van der Waals surface area contributed by atoms with E-state index >= 15 is 0 Å². The molecule has 4 heteroatoms. The Morgan fingerprint density at radius 3 is 1.12 bits per heavy atom. The highest BCUT2D eigenvalue weighted by Gasteiger charge is 2.37. The van der Waals surface area contributed by atoms with Gasteiger partial charge in [-0.3, -0.25) is 0 Å². The largest absolute Gasteiger partial charge is 0.391 e. The Hall–Kier alpha value is -2.56. The molecule has 0 aliphatic rings. The summed E-state index contributed by atoms with van der Waals surface area (Å²) in [5, 5.41) is 10.9. The molecule has 1 N–H and O–H groups in total. The van der Waals surface area contributed by atoms with Crippen LogP contribution in [0.4, 0.5) is 8.78 Å². The van der Waals surface area contributed by atoms with Gasteiger partial charge in [-0.15, -0.1) is 0 Å². The van der Waals surface area contributed by atoms with Crippen molar-refractivity contribution in [3.63, 3.8) is 0 Å². The second-order valence-corrected chi connectivity index (χ2v) is 11.7. The van der Waals surface area contributed by atoms with E-state index in [1.165, 1.54) is 57.8 Å². The summed E-state index contributed by atoms with van der Waals surface area (Å²) in [6.07, 6.45) is 14.4. The normalized spacial score (nSPS) is 12.6. The molecule has 230 valence electrons. The predicted molar refractivity (Wildman–Crippen MR) is 171 cm³/mol. The van der Waals surface area contributed by atoms with Gasteiger partial charge in [-0.2, -0.15) is 0 Å². The zero-order valence-corrected chi connectivity index (χ0v) is 25.4. The Balaban J connectivity index is 1.33. The van der Waals surface area contributed by atoms with E-state index in [1.54, 1.807) is 0 Å². The molecule has 3 rings (SSSR count). The molecule has 0 aliphatic heterocycles. The summed E-state index contributed by atoms with van der Waals surface area (Å²) in [5.74, 6) is 0. The zero-order chi connectivity index (χ0) is 29.7. The van der Waals surface area contributed by atoms with Crippen LogP contribution in [0, 0.1) is 0 Å². The molecule has 0 aliphatic carbocycles. The van der Waals surface area contributed by atoms with Gasteiger partial charge in [0, 0.05) is 6.42 Å². The van der Waals surface area contributed by atoms with Crippen molar-refractivity contribution >= 4 is 0 Å². The molecular weight excluding hydrogens is 526 g/mol. The third-order valence-corrected chi connectivity index (χ3v) is 8.24. The van der Waals surface area contributed by atoms with Gasteiger partial charge >= 0.3 is 0 Å². The van der Waals surface area contributed by atoms with Crippen LogP contribution in [0.5, 0.6) is 0 Å². The van der Waals surface area contributed by atoms with E-state index in [4.69, 9.17) is 4.74 Å². The highest BCUT2D eigenvalue weighted by Crippen LogP contribution is 2.40. The van der Waals surface area contributed by atoms with E-state index in [-0.39, 0.29) is 13.0 Å². The van der Waals surface area contributed by atoms with Crippen molar-refractivity contribution in [2.45, 2.75) is 121 Å². The molecule has 42 heavy (non-hydrogen) atoms. The lowest BCUT2D eigenvalue weighted by Gasteiger charge is -2.36. The summed E-state index contributed by atoms with van der Waals surface area (Å²) in [6, 6.07) is 31.0. The lowest BCUT2D eigenvalue weighted by molar-refractivity contribution is -0.0405. The Morgan fingerprint density at radius 1 is 0.476 bits per heavy atom. The number of ether oxygens (including phenoxy) is 1. The molecule has 0 bridgehead atoms. The van der Waals surface area contributed by atoms with Crippen LogP contribution in [0.2, 0.25) is 0 Å². The fourth-order valence-electron chi connectivity index (χ4n) is 5.87. The monoisotopic (exact) mass is 578 g/mol. The van der Waals surface area contributed by atoms with Gasteiger partial charge in [0.05, 0.1) is 12.7 Å². The number of hydrogen-bond donors (Lipinski definition) is 1. The van der Waals surface area contributed by atoms with Crippen molar-refractivity contribution in [3.05, 3.63) is 108 Å². The quantitative estimate of drug-likeness (QED) is 0.0896. The molecule has 0 aromatic heterocycles. The minimum absolute atomic E-state index is 0.0634. The summed E-state index contributed by atoms with van der Waals surface area (Å²) >= 11 is 0. The molecule has 0 saturated heterocycles. The first kappa shape index (κ1) is 33.9. The molecule has 0 fully saturated rings. The number of halogens is 2. The van der Waals surface area contributed by atoms with Gasteiger partial charge in [0.25, 0.3) is 0 Å². The van der Waals surface area contributed by atoms with Crippen molar-refractivity contribution in [2.75, 3.05) is 6.61 Å². The molecular formula is C38H52F2O2. The minimum atomic E-state index is -2.14. The van der Waals surface area contributed by atoms with Gasteiger partial charge in [0.1, 0.15) is 5.60 Å². The van der Waals surface area contributed by atoms with E-state index in [2.05, 4.69) is 36.4 Å². The SMILES string of the molecule is O[C@H](CCCCCCCCCCCCCCCCC(F)F)COC(c1ccccc1)(c1ccccc1)c1ccccc1. The smallest absolute Gasteiger partial charge is 0.238 e. The molecule has 0 saturated carbocycles. The van der Waals surface area contributed by atoms with Crippen LogP contribution in [-0.4, -0.2) is 24.2 Å². The van der Waals surface area contributed by atoms with E-state index in [1.807, 2.05) is 54.6 Å². The molecule has 0 spiro atoms. The van der Waals surface area contributed by atoms with Gasteiger partial charge in [0.2, 0.25) is 6.43 Å². The van der Waals surface area contributed by atoms with Crippen molar-refractivity contribution in [1.82, 2.24) is 0 Å². The molecule has 1 atom stereocenters. The van der Waals surface area contributed by atoms with E-state index < -0.39 is 18.1 Å². The number of alkyl halides is 2. The molecule has 0 heterocycles. The van der Waals surface area contributed by atoms with Crippen molar-refractivity contribution in [2.24, 2.45) is 0 Å². The molecule has 3 aromatic rings. The Morgan fingerprint density at radius 2 is 0.786 bits per heavy atom. The summed E-state index contributed by atoms with van der Waals surface area (Å²) in [6.45, 7) is 0.272.